The van der Waals surface area contributed by atoms with Crippen LogP contribution in [0.1, 0.15) is 33.1 Å². The zero-order valence-corrected chi connectivity index (χ0v) is 9.62. The Morgan fingerprint density at radius 2 is 2.33 bits per heavy atom. The Kier molecular flexibility index (Phi) is 5.05. The van der Waals surface area contributed by atoms with E-state index < -0.39 is 0 Å². The Labute approximate surface area is 91.4 Å². The van der Waals surface area contributed by atoms with Crippen LogP contribution in [0.2, 0.25) is 0 Å². The quantitative estimate of drug-likeness (QED) is 0.615. The van der Waals surface area contributed by atoms with E-state index in [1.54, 1.807) is 0 Å². The monoisotopic (exact) mass is 214 g/mol. The van der Waals surface area contributed by atoms with E-state index in [4.69, 9.17) is 5.11 Å². The van der Waals surface area contributed by atoms with Gasteiger partial charge in [-0.25, -0.2) is 0 Å². The van der Waals surface area contributed by atoms with E-state index in [1.165, 1.54) is 0 Å². The summed E-state index contributed by atoms with van der Waals surface area (Å²) in [7, 11) is 0. The second-order valence-electron chi connectivity index (χ2n) is 4.67. The molecule has 2 atom stereocenters. The van der Waals surface area contributed by atoms with Crippen LogP contribution in [0.3, 0.4) is 0 Å². The second kappa shape index (κ2) is 6.08. The molecular formula is C11H22N2O2. The van der Waals surface area contributed by atoms with E-state index in [0.29, 0.717) is 5.92 Å². The molecule has 1 amide bonds. The van der Waals surface area contributed by atoms with Gasteiger partial charge in [0.15, 0.2) is 0 Å². The van der Waals surface area contributed by atoms with Gasteiger partial charge in [-0.05, 0) is 31.7 Å². The van der Waals surface area contributed by atoms with Crippen molar-refractivity contribution in [1.82, 2.24) is 10.6 Å². The van der Waals surface area contributed by atoms with Crippen molar-refractivity contribution in [3.8, 4) is 0 Å². The van der Waals surface area contributed by atoms with E-state index in [1.807, 2.05) is 0 Å². The molecule has 3 N–H and O–H groups in total. The van der Waals surface area contributed by atoms with Crippen molar-refractivity contribution in [2.75, 3.05) is 13.2 Å². The van der Waals surface area contributed by atoms with Crippen molar-refractivity contribution in [3.63, 3.8) is 0 Å². The van der Waals surface area contributed by atoms with Crippen LogP contribution < -0.4 is 10.6 Å². The smallest absolute Gasteiger partial charge is 0.237 e. The molecule has 0 spiro atoms. The van der Waals surface area contributed by atoms with Crippen molar-refractivity contribution >= 4 is 5.91 Å². The van der Waals surface area contributed by atoms with Gasteiger partial charge >= 0.3 is 0 Å². The molecule has 0 aromatic heterocycles. The summed E-state index contributed by atoms with van der Waals surface area (Å²) in [6, 6.07) is -0.147. The summed E-state index contributed by atoms with van der Waals surface area (Å²) in [5.74, 6) is 0.520. The summed E-state index contributed by atoms with van der Waals surface area (Å²) in [4.78, 5) is 11.7. The van der Waals surface area contributed by atoms with Gasteiger partial charge in [0.2, 0.25) is 5.91 Å². The summed E-state index contributed by atoms with van der Waals surface area (Å²) < 4.78 is 0. The normalized spacial score (nSPS) is 23.1. The Bertz CT molecular complexity index is 201. The summed E-state index contributed by atoms with van der Waals surface area (Å²) in [6.45, 7) is 5.12. The van der Waals surface area contributed by atoms with Crippen LogP contribution in [0.4, 0.5) is 0 Å². The number of carbonyl (C=O) groups excluding carboxylic acids is 1. The van der Waals surface area contributed by atoms with Gasteiger partial charge in [0.05, 0.1) is 18.7 Å². The highest BCUT2D eigenvalue weighted by Gasteiger charge is 2.24. The third-order valence-electron chi connectivity index (χ3n) is 2.70. The minimum Gasteiger partial charge on any atom is -0.394 e. The first-order valence-corrected chi connectivity index (χ1v) is 5.78. The fourth-order valence-electron chi connectivity index (χ4n) is 1.96. The molecule has 0 aromatic rings. The van der Waals surface area contributed by atoms with Crippen molar-refractivity contribution < 1.29 is 9.90 Å². The highest BCUT2D eigenvalue weighted by molar-refractivity contribution is 5.82. The standard InChI is InChI=1S/C11H22N2O2/c1-8(2)6-9(7-14)13-11(15)10-4-3-5-12-10/h8-10,12,14H,3-7H2,1-2H3,(H,13,15)/t9?,10-/m0/s1. The van der Waals surface area contributed by atoms with Crippen LogP contribution >= 0.6 is 0 Å². The first-order valence-electron chi connectivity index (χ1n) is 5.78. The molecule has 0 saturated carbocycles. The lowest BCUT2D eigenvalue weighted by atomic mass is 10.0. The average Bonchev–Trinajstić information content (AvgIpc) is 2.68. The van der Waals surface area contributed by atoms with Crippen LogP contribution in [0, 0.1) is 5.92 Å². The molecule has 1 rings (SSSR count). The summed E-state index contributed by atoms with van der Waals surface area (Å²) >= 11 is 0. The molecule has 1 aliphatic heterocycles. The first-order chi connectivity index (χ1) is 7.13. The highest BCUT2D eigenvalue weighted by atomic mass is 16.3. The van der Waals surface area contributed by atoms with Gasteiger partial charge in [0.1, 0.15) is 0 Å². The van der Waals surface area contributed by atoms with Crippen LogP contribution in [-0.2, 0) is 4.79 Å². The third-order valence-corrected chi connectivity index (χ3v) is 2.70. The number of aliphatic hydroxyl groups excluding tert-OH is 1. The molecule has 4 nitrogen and oxygen atoms in total. The Morgan fingerprint density at radius 1 is 1.60 bits per heavy atom. The molecule has 1 heterocycles. The van der Waals surface area contributed by atoms with E-state index in [2.05, 4.69) is 24.5 Å². The SMILES string of the molecule is CC(C)CC(CO)NC(=O)[C@@H]1CCCN1. The van der Waals surface area contributed by atoms with Crippen molar-refractivity contribution in [3.05, 3.63) is 0 Å². The number of nitrogens with one attached hydrogen (secondary N) is 2. The first kappa shape index (κ1) is 12.5. The van der Waals surface area contributed by atoms with Gasteiger partial charge in [-0.3, -0.25) is 4.79 Å². The average molecular weight is 214 g/mol. The Hall–Kier alpha value is -0.610. The van der Waals surface area contributed by atoms with E-state index in [-0.39, 0.29) is 24.6 Å². The molecule has 0 aromatic carbocycles. The fraction of sp³-hybridized carbons (Fsp3) is 0.909. The molecule has 15 heavy (non-hydrogen) atoms. The third kappa shape index (κ3) is 4.18. The van der Waals surface area contributed by atoms with Crippen LogP contribution in [0.5, 0.6) is 0 Å². The molecule has 4 heteroatoms. The minimum absolute atomic E-state index is 0.0244. The van der Waals surface area contributed by atoms with Crippen LogP contribution in [-0.4, -0.2) is 36.2 Å². The van der Waals surface area contributed by atoms with E-state index in [0.717, 1.165) is 25.8 Å². The van der Waals surface area contributed by atoms with E-state index >= 15 is 0 Å². The largest absolute Gasteiger partial charge is 0.394 e. The summed E-state index contributed by atoms with van der Waals surface area (Å²) in [6.07, 6.45) is 2.80. The van der Waals surface area contributed by atoms with Gasteiger partial charge in [-0.15, -0.1) is 0 Å². The number of carbonyl (C=O) groups is 1. The van der Waals surface area contributed by atoms with Crippen molar-refractivity contribution in [2.24, 2.45) is 5.92 Å². The molecular weight excluding hydrogens is 192 g/mol. The summed E-state index contributed by atoms with van der Waals surface area (Å²) in [5.41, 5.74) is 0. The zero-order valence-electron chi connectivity index (χ0n) is 9.62. The zero-order chi connectivity index (χ0) is 11.3. The maximum atomic E-state index is 11.7. The topological polar surface area (TPSA) is 61.4 Å². The number of rotatable bonds is 5. The number of hydrogen-bond donors (Lipinski definition) is 3. The molecule has 0 aliphatic carbocycles. The highest BCUT2D eigenvalue weighted by Crippen LogP contribution is 2.08. The predicted octanol–water partition coefficient (Wildman–Crippen LogP) is 0.262. The van der Waals surface area contributed by atoms with Gasteiger partial charge < -0.3 is 15.7 Å². The molecule has 1 aliphatic rings. The van der Waals surface area contributed by atoms with Crippen LogP contribution in [0.25, 0.3) is 0 Å². The maximum Gasteiger partial charge on any atom is 0.237 e. The predicted molar refractivity (Wildman–Crippen MR) is 59.5 cm³/mol. The van der Waals surface area contributed by atoms with Crippen LogP contribution in [0.15, 0.2) is 0 Å². The molecule has 1 saturated heterocycles. The second-order valence-corrected chi connectivity index (χ2v) is 4.67. The van der Waals surface area contributed by atoms with Gasteiger partial charge in [0.25, 0.3) is 0 Å². The molecule has 0 bridgehead atoms. The fourth-order valence-corrected chi connectivity index (χ4v) is 1.96. The van der Waals surface area contributed by atoms with Gasteiger partial charge in [0, 0.05) is 0 Å². The number of hydrogen-bond acceptors (Lipinski definition) is 3. The minimum atomic E-state index is -0.0973. The Balaban J connectivity index is 2.33. The Morgan fingerprint density at radius 3 is 2.80 bits per heavy atom. The van der Waals surface area contributed by atoms with Crippen molar-refractivity contribution in [1.29, 1.82) is 0 Å². The number of amides is 1. The van der Waals surface area contributed by atoms with Crippen molar-refractivity contribution in [2.45, 2.75) is 45.2 Å². The molecule has 1 unspecified atom stereocenters. The van der Waals surface area contributed by atoms with Gasteiger partial charge in [-0.2, -0.15) is 0 Å². The lowest BCUT2D eigenvalue weighted by molar-refractivity contribution is -0.123. The molecule has 88 valence electrons. The molecule has 0 radical (unpaired) electrons. The maximum absolute atomic E-state index is 11.7. The lowest BCUT2D eigenvalue weighted by Crippen LogP contribution is -2.46. The van der Waals surface area contributed by atoms with E-state index in [9.17, 15) is 4.79 Å². The molecule has 1 fully saturated rings. The number of aliphatic hydroxyl groups is 1. The summed E-state index contributed by atoms with van der Waals surface area (Å²) in [5, 5.41) is 15.2. The van der Waals surface area contributed by atoms with Gasteiger partial charge in [-0.1, -0.05) is 13.8 Å². The lowest BCUT2D eigenvalue weighted by Gasteiger charge is -2.20.